The Hall–Kier alpha value is -2.90. The lowest BCUT2D eigenvalue weighted by atomic mass is 9.86. The molecule has 3 aromatic rings. The number of carboxylic acid groups (broad SMARTS) is 1. The highest BCUT2D eigenvalue weighted by Gasteiger charge is 2.30. The Balaban J connectivity index is 2.40. The van der Waals surface area contributed by atoms with Crippen LogP contribution in [0.25, 0.3) is 10.9 Å². The van der Waals surface area contributed by atoms with E-state index in [1.54, 1.807) is 28.8 Å². The van der Waals surface area contributed by atoms with Gasteiger partial charge < -0.3 is 19.5 Å². The van der Waals surface area contributed by atoms with Crippen molar-refractivity contribution in [3.8, 4) is 5.75 Å². The molecule has 0 amide bonds. The third-order valence-electron chi connectivity index (χ3n) is 5.68. The minimum atomic E-state index is -1.37. The molecule has 0 aliphatic carbocycles. The van der Waals surface area contributed by atoms with Crippen molar-refractivity contribution in [1.82, 2.24) is 4.57 Å². The standard InChI is InChI=1S/C26H29ClFNO5/c1-14(2)34-20-11-15(9-16-7-6-8-19(27)22(16)28)10-17-23(20)29(21(13-30)26(3,4)5)12-18(24(17)31)25(32)33/h6-8,10-12,14,21,30H,9,13H2,1-5H3,(H,32,33). The fourth-order valence-corrected chi connectivity index (χ4v) is 4.23. The summed E-state index contributed by atoms with van der Waals surface area (Å²) in [4.78, 5) is 25.2. The molecule has 0 saturated heterocycles. The Bertz CT molecular complexity index is 1290. The van der Waals surface area contributed by atoms with Crippen LogP contribution in [-0.4, -0.2) is 33.5 Å². The maximum Gasteiger partial charge on any atom is 0.341 e. The number of carbonyl (C=O) groups is 1. The number of benzene rings is 2. The molecule has 1 atom stereocenters. The number of ether oxygens (including phenoxy) is 1. The molecule has 3 rings (SSSR count). The van der Waals surface area contributed by atoms with E-state index >= 15 is 0 Å². The van der Waals surface area contributed by atoms with Crippen molar-refractivity contribution in [1.29, 1.82) is 0 Å². The van der Waals surface area contributed by atoms with Crippen LogP contribution >= 0.6 is 11.6 Å². The number of pyridine rings is 1. The molecule has 0 radical (unpaired) electrons. The van der Waals surface area contributed by atoms with Crippen molar-refractivity contribution >= 4 is 28.5 Å². The molecule has 1 heterocycles. The molecule has 0 aliphatic rings. The second-order valence-electron chi connectivity index (χ2n) is 9.70. The Morgan fingerprint density at radius 1 is 1.24 bits per heavy atom. The fourth-order valence-electron chi connectivity index (χ4n) is 4.04. The van der Waals surface area contributed by atoms with E-state index in [1.807, 2.05) is 34.6 Å². The van der Waals surface area contributed by atoms with E-state index in [0.717, 1.165) is 0 Å². The van der Waals surface area contributed by atoms with Crippen LogP contribution in [-0.2, 0) is 6.42 Å². The Kier molecular flexibility index (Phi) is 7.38. The predicted molar refractivity (Wildman–Crippen MR) is 131 cm³/mol. The van der Waals surface area contributed by atoms with Crippen LogP contribution in [0.5, 0.6) is 5.75 Å². The van der Waals surface area contributed by atoms with E-state index in [4.69, 9.17) is 16.3 Å². The smallest absolute Gasteiger partial charge is 0.341 e. The lowest BCUT2D eigenvalue weighted by molar-refractivity contribution is 0.0692. The largest absolute Gasteiger partial charge is 0.489 e. The quantitative estimate of drug-likeness (QED) is 0.460. The lowest BCUT2D eigenvalue weighted by Crippen LogP contribution is -2.31. The number of aliphatic hydroxyl groups is 1. The van der Waals surface area contributed by atoms with Gasteiger partial charge in [0.05, 0.1) is 34.7 Å². The van der Waals surface area contributed by atoms with Gasteiger partial charge in [0, 0.05) is 12.6 Å². The molecular weight excluding hydrogens is 461 g/mol. The lowest BCUT2D eigenvalue weighted by Gasteiger charge is -2.33. The molecule has 6 nitrogen and oxygen atoms in total. The number of hydrogen-bond donors (Lipinski definition) is 2. The molecule has 0 fully saturated rings. The summed E-state index contributed by atoms with van der Waals surface area (Å²) in [6, 6.07) is 7.42. The third kappa shape index (κ3) is 5.10. The van der Waals surface area contributed by atoms with Gasteiger partial charge in [0.1, 0.15) is 17.1 Å². The number of fused-ring (bicyclic) bond motifs is 1. The molecule has 34 heavy (non-hydrogen) atoms. The average molecular weight is 490 g/mol. The van der Waals surface area contributed by atoms with E-state index in [0.29, 0.717) is 22.4 Å². The van der Waals surface area contributed by atoms with Crippen LogP contribution in [0.15, 0.2) is 41.3 Å². The van der Waals surface area contributed by atoms with Crippen molar-refractivity contribution in [2.24, 2.45) is 5.41 Å². The van der Waals surface area contributed by atoms with Gasteiger partial charge in [-0.3, -0.25) is 4.79 Å². The van der Waals surface area contributed by atoms with Gasteiger partial charge in [0.15, 0.2) is 0 Å². The highest BCUT2D eigenvalue weighted by molar-refractivity contribution is 6.30. The minimum absolute atomic E-state index is 0.0107. The zero-order valence-electron chi connectivity index (χ0n) is 19.9. The molecule has 0 aliphatic heterocycles. The first kappa shape index (κ1) is 25.7. The molecule has 1 aromatic heterocycles. The van der Waals surface area contributed by atoms with Crippen LogP contribution in [0.1, 0.15) is 62.1 Å². The summed E-state index contributed by atoms with van der Waals surface area (Å²) < 4.78 is 22.2. The first-order valence-electron chi connectivity index (χ1n) is 11.0. The number of rotatable bonds is 7. The fraction of sp³-hybridized carbons (Fsp3) is 0.385. The van der Waals surface area contributed by atoms with E-state index in [2.05, 4.69) is 0 Å². The van der Waals surface area contributed by atoms with Gasteiger partial charge in [-0.15, -0.1) is 0 Å². The van der Waals surface area contributed by atoms with E-state index < -0.39 is 34.2 Å². The first-order chi connectivity index (χ1) is 15.8. The van der Waals surface area contributed by atoms with Gasteiger partial charge in [-0.1, -0.05) is 44.5 Å². The monoisotopic (exact) mass is 489 g/mol. The van der Waals surface area contributed by atoms with Crippen LogP contribution in [0.4, 0.5) is 4.39 Å². The first-order valence-corrected chi connectivity index (χ1v) is 11.4. The third-order valence-corrected chi connectivity index (χ3v) is 5.97. The summed E-state index contributed by atoms with van der Waals surface area (Å²) in [6.07, 6.45) is 1.13. The molecule has 2 aromatic carbocycles. The number of hydrogen-bond acceptors (Lipinski definition) is 4. The number of carboxylic acids is 1. The van der Waals surface area contributed by atoms with Crippen LogP contribution < -0.4 is 10.2 Å². The zero-order valence-corrected chi connectivity index (χ0v) is 20.6. The van der Waals surface area contributed by atoms with Crippen molar-refractivity contribution in [2.75, 3.05) is 6.61 Å². The number of halogens is 2. The van der Waals surface area contributed by atoms with Gasteiger partial charge in [-0.05, 0) is 48.6 Å². The van der Waals surface area contributed by atoms with Crippen LogP contribution in [0.3, 0.4) is 0 Å². The van der Waals surface area contributed by atoms with Gasteiger partial charge in [-0.2, -0.15) is 0 Å². The molecule has 2 N–H and O–H groups in total. The Morgan fingerprint density at radius 3 is 2.47 bits per heavy atom. The minimum Gasteiger partial charge on any atom is -0.489 e. The molecule has 0 bridgehead atoms. The van der Waals surface area contributed by atoms with E-state index in [9.17, 15) is 24.2 Å². The number of aromatic nitrogens is 1. The van der Waals surface area contributed by atoms with Crippen LogP contribution in [0.2, 0.25) is 5.02 Å². The molecule has 0 saturated carbocycles. The number of aromatic carboxylic acids is 1. The topological polar surface area (TPSA) is 88.8 Å². The Labute approximate surface area is 202 Å². The van der Waals surface area contributed by atoms with Gasteiger partial charge >= 0.3 is 5.97 Å². The maximum atomic E-state index is 14.6. The van der Waals surface area contributed by atoms with E-state index in [1.165, 1.54) is 12.3 Å². The zero-order chi connectivity index (χ0) is 25.4. The molecule has 1 unspecified atom stereocenters. The highest BCUT2D eigenvalue weighted by atomic mass is 35.5. The Morgan fingerprint density at radius 2 is 1.91 bits per heavy atom. The van der Waals surface area contributed by atoms with Crippen LogP contribution in [0, 0.1) is 11.2 Å². The summed E-state index contributed by atoms with van der Waals surface area (Å²) in [6.45, 7) is 9.12. The predicted octanol–water partition coefficient (Wildman–Crippen LogP) is 5.45. The molecular formula is C26H29ClFNO5. The maximum absolute atomic E-state index is 14.6. The van der Waals surface area contributed by atoms with Gasteiger partial charge in [-0.25, -0.2) is 9.18 Å². The SMILES string of the molecule is CC(C)Oc1cc(Cc2cccc(Cl)c2F)cc2c(=O)c(C(=O)O)cn(C(CO)C(C)(C)C)c12. The van der Waals surface area contributed by atoms with Crippen molar-refractivity contribution in [2.45, 2.75) is 53.2 Å². The number of nitrogens with zero attached hydrogens (tertiary/aromatic N) is 1. The average Bonchev–Trinajstić information content (AvgIpc) is 2.72. The van der Waals surface area contributed by atoms with Crippen molar-refractivity contribution in [3.63, 3.8) is 0 Å². The van der Waals surface area contributed by atoms with Crippen molar-refractivity contribution < 1.29 is 24.1 Å². The molecule has 182 valence electrons. The second kappa shape index (κ2) is 9.76. The van der Waals surface area contributed by atoms with Gasteiger partial charge in [0.2, 0.25) is 5.43 Å². The number of aliphatic hydroxyl groups excluding tert-OH is 1. The second-order valence-corrected chi connectivity index (χ2v) is 10.1. The molecule has 0 spiro atoms. The van der Waals surface area contributed by atoms with E-state index in [-0.39, 0.29) is 29.5 Å². The van der Waals surface area contributed by atoms with Crippen molar-refractivity contribution in [3.05, 3.63) is 74.3 Å². The highest BCUT2D eigenvalue weighted by Crippen LogP contribution is 2.37. The summed E-state index contributed by atoms with van der Waals surface area (Å²) >= 11 is 5.93. The summed E-state index contributed by atoms with van der Waals surface area (Å²) in [5.74, 6) is -1.58. The summed E-state index contributed by atoms with van der Waals surface area (Å²) in [5.41, 5.74) is -0.285. The summed E-state index contributed by atoms with van der Waals surface area (Å²) in [7, 11) is 0. The normalized spacial score (nSPS) is 12.9. The summed E-state index contributed by atoms with van der Waals surface area (Å²) in [5, 5.41) is 20.0. The molecule has 8 heteroatoms. The van der Waals surface area contributed by atoms with Gasteiger partial charge in [0.25, 0.3) is 0 Å².